The molecule has 0 bridgehead atoms. The smallest absolute Gasteiger partial charge is 0.223 e. The lowest BCUT2D eigenvalue weighted by Gasteiger charge is -2.23. The molecule has 1 amide bonds. The number of nitrogens with two attached hydrogens (primary N) is 1. The summed E-state index contributed by atoms with van der Waals surface area (Å²) >= 11 is 1.40. The molecule has 1 aliphatic carbocycles. The van der Waals surface area contributed by atoms with E-state index in [2.05, 4.69) is 10.3 Å². The maximum Gasteiger partial charge on any atom is 0.223 e. The van der Waals surface area contributed by atoms with Gasteiger partial charge in [-0.15, -0.1) is 11.3 Å². The van der Waals surface area contributed by atoms with E-state index in [1.54, 1.807) is 0 Å². The zero-order valence-corrected chi connectivity index (χ0v) is 8.64. The van der Waals surface area contributed by atoms with Crippen molar-refractivity contribution in [2.45, 2.75) is 25.8 Å². The summed E-state index contributed by atoms with van der Waals surface area (Å²) in [5.74, 6) is 0.397. The molecule has 2 rings (SSSR count). The van der Waals surface area contributed by atoms with Crippen LogP contribution in [0.2, 0.25) is 0 Å². The zero-order valence-electron chi connectivity index (χ0n) is 7.82. The molecule has 0 atom stereocenters. The van der Waals surface area contributed by atoms with Crippen LogP contribution in [0.4, 0.5) is 5.13 Å². The van der Waals surface area contributed by atoms with Gasteiger partial charge in [0.2, 0.25) is 5.91 Å². The number of anilines is 1. The van der Waals surface area contributed by atoms with Crippen LogP contribution in [0.5, 0.6) is 0 Å². The molecule has 0 radical (unpaired) electrons. The van der Waals surface area contributed by atoms with Gasteiger partial charge in [0, 0.05) is 11.3 Å². The minimum absolute atomic E-state index is 0.155. The van der Waals surface area contributed by atoms with Crippen molar-refractivity contribution in [3.05, 3.63) is 11.1 Å². The van der Waals surface area contributed by atoms with E-state index in [0.717, 1.165) is 18.5 Å². The molecule has 3 N–H and O–H groups in total. The monoisotopic (exact) mass is 211 g/mol. The Morgan fingerprint density at radius 3 is 3.00 bits per heavy atom. The van der Waals surface area contributed by atoms with Crippen LogP contribution in [0.1, 0.15) is 25.0 Å². The summed E-state index contributed by atoms with van der Waals surface area (Å²) in [6.07, 6.45) is 3.25. The summed E-state index contributed by atoms with van der Waals surface area (Å²) in [4.78, 5) is 15.5. The molecule has 1 aliphatic rings. The van der Waals surface area contributed by atoms with E-state index >= 15 is 0 Å². The molecule has 0 spiro atoms. The number of amides is 1. The van der Waals surface area contributed by atoms with Gasteiger partial charge >= 0.3 is 0 Å². The Kier molecular flexibility index (Phi) is 2.67. The fourth-order valence-electron chi connectivity index (χ4n) is 1.40. The third-order valence-electron chi connectivity index (χ3n) is 2.49. The van der Waals surface area contributed by atoms with Crippen molar-refractivity contribution in [2.24, 2.45) is 5.92 Å². The number of nitrogen functional groups attached to an aromatic ring is 1. The molecular weight excluding hydrogens is 198 g/mol. The van der Waals surface area contributed by atoms with E-state index in [1.165, 1.54) is 17.8 Å². The molecule has 1 fully saturated rings. The first kappa shape index (κ1) is 9.45. The SMILES string of the molecule is Nc1nc(CNC(=O)C2CCC2)cs1. The van der Waals surface area contributed by atoms with Gasteiger partial charge in [0.25, 0.3) is 0 Å². The molecule has 0 saturated heterocycles. The Morgan fingerprint density at radius 2 is 2.50 bits per heavy atom. The fourth-order valence-corrected chi connectivity index (χ4v) is 1.96. The first-order valence-electron chi connectivity index (χ1n) is 4.73. The Hall–Kier alpha value is -1.10. The highest BCUT2D eigenvalue weighted by Gasteiger charge is 2.24. The van der Waals surface area contributed by atoms with E-state index in [0.29, 0.717) is 11.7 Å². The van der Waals surface area contributed by atoms with Crippen molar-refractivity contribution >= 4 is 22.4 Å². The van der Waals surface area contributed by atoms with E-state index in [9.17, 15) is 4.79 Å². The number of hydrogen-bond acceptors (Lipinski definition) is 4. The molecule has 4 nitrogen and oxygen atoms in total. The number of nitrogens with zero attached hydrogens (tertiary/aromatic N) is 1. The Bertz CT molecular complexity index is 333. The third kappa shape index (κ3) is 2.04. The predicted octanol–water partition coefficient (Wildman–Crippen LogP) is 1.14. The maximum atomic E-state index is 11.4. The molecule has 76 valence electrons. The first-order chi connectivity index (χ1) is 6.75. The van der Waals surface area contributed by atoms with Gasteiger partial charge in [-0.3, -0.25) is 4.79 Å². The summed E-state index contributed by atoms with van der Waals surface area (Å²) in [7, 11) is 0. The molecule has 0 unspecified atom stereocenters. The van der Waals surface area contributed by atoms with Crippen LogP contribution in [0.15, 0.2) is 5.38 Å². The number of nitrogens with one attached hydrogen (secondary N) is 1. The standard InChI is InChI=1S/C9H13N3OS/c10-9-12-7(5-14-9)4-11-8(13)6-2-1-3-6/h5-6H,1-4H2,(H2,10,12)(H,11,13). The molecule has 0 aromatic carbocycles. The van der Waals surface area contributed by atoms with E-state index in [1.807, 2.05) is 5.38 Å². The number of carbonyl (C=O) groups is 1. The molecule has 0 aliphatic heterocycles. The van der Waals surface area contributed by atoms with Crippen molar-refractivity contribution < 1.29 is 4.79 Å². The van der Waals surface area contributed by atoms with Gasteiger partial charge in [-0.25, -0.2) is 4.98 Å². The van der Waals surface area contributed by atoms with Crippen molar-refractivity contribution in [3.63, 3.8) is 0 Å². The second-order valence-electron chi connectivity index (χ2n) is 3.52. The van der Waals surface area contributed by atoms with Crippen LogP contribution in [0, 0.1) is 5.92 Å². The van der Waals surface area contributed by atoms with Gasteiger partial charge in [0.05, 0.1) is 12.2 Å². The molecular formula is C9H13N3OS. The van der Waals surface area contributed by atoms with Crippen molar-refractivity contribution in [1.82, 2.24) is 10.3 Å². The van der Waals surface area contributed by atoms with E-state index in [-0.39, 0.29) is 11.8 Å². The topological polar surface area (TPSA) is 68.0 Å². The number of hydrogen-bond donors (Lipinski definition) is 2. The minimum atomic E-state index is 0.155. The van der Waals surface area contributed by atoms with Gasteiger partial charge in [-0.2, -0.15) is 0 Å². The van der Waals surface area contributed by atoms with Gasteiger partial charge in [0.15, 0.2) is 5.13 Å². The molecule has 14 heavy (non-hydrogen) atoms. The summed E-state index contributed by atoms with van der Waals surface area (Å²) in [6.45, 7) is 0.503. The van der Waals surface area contributed by atoms with Crippen LogP contribution < -0.4 is 11.1 Å². The number of aromatic nitrogens is 1. The quantitative estimate of drug-likeness (QED) is 0.787. The highest BCUT2D eigenvalue weighted by molar-refractivity contribution is 7.13. The second-order valence-corrected chi connectivity index (χ2v) is 4.41. The predicted molar refractivity (Wildman–Crippen MR) is 55.7 cm³/mol. The van der Waals surface area contributed by atoms with Gasteiger partial charge in [-0.05, 0) is 12.8 Å². The number of thiazole rings is 1. The Balaban J connectivity index is 1.79. The second kappa shape index (κ2) is 3.96. The molecule has 1 heterocycles. The van der Waals surface area contributed by atoms with Crippen LogP contribution >= 0.6 is 11.3 Å². The van der Waals surface area contributed by atoms with Gasteiger partial charge in [-0.1, -0.05) is 6.42 Å². The van der Waals surface area contributed by atoms with Gasteiger partial charge < -0.3 is 11.1 Å². The van der Waals surface area contributed by atoms with Crippen LogP contribution in [0.25, 0.3) is 0 Å². The summed E-state index contributed by atoms with van der Waals surface area (Å²) in [5.41, 5.74) is 6.32. The van der Waals surface area contributed by atoms with E-state index < -0.39 is 0 Å². The van der Waals surface area contributed by atoms with Crippen molar-refractivity contribution in [2.75, 3.05) is 5.73 Å². The molecule has 1 aromatic heterocycles. The lowest BCUT2D eigenvalue weighted by molar-refractivity contribution is -0.127. The van der Waals surface area contributed by atoms with Crippen LogP contribution in [-0.2, 0) is 11.3 Å². The highest BCUT2D eigenvalue weighted by atomic mass is 32.1. The van der Waals surface area contributed by atoms with Crippen molar-refractivity contribution in [1.29, 1.82) is 0 Å². The summed E-state index contributed by atoms with van der Waals surface area (Å²) in [6, 6.07) is 0. The number of carbonyl (C=O) groups excluding carboxylic acids is 1. The van der Waals surface area contributed by atoms with Gasteiger partial charge in [0.1, 0.15) is 0 Å². The minimum Gasteiger partial charge on any atom is -0.375 e. The summed E-state index contributed by atoms with van der Waals surface area (Å²) in [5, 5.41) is 5.29. The molecule has 5 heteroatoms. The van der Waals surface area contributed by atoms with E-state index in [4.69, 9.17) is 5.73 Å². The average molecular weight is 211 g/mol. The maximum absolute atomic E-state index is 11.4. The average Bonchev–Trinajstić information content (AvgIpc) is 2.45. The van der Waals surface area contributed by atoms with Crippen molar-refractivity contribution in [3.8, 4) is 0 Å². The highest BCUT2D eigenvalue weighted by Crippen LogP contribution is 2.26. The normalized spacial score (nSPS) is 16.3. The number of rotatable bonds is 3. The lowest BCUT2D eigenvalue weighted by Crippen LogP contribution is -2.34. The summed E-state index contributed by atoms with van der Waals surface area (Å²) < 4.78 is 0. The van der Waals surface area contributed by atoms with Crippen LogP contribution in [-0.4, -0.2) is 10.9 Å². The molecule has 1 saturated carbocycles. The lowest BCUT2D eigenvalue weighted by atomic mass is 9.85. The first-order valence-corrected chi connectivity index (χ1v) is 5.61. The Morgan fingerprint density at radius 1 is 1.71 bits per heavy atom. The fraction of sp³-hybridized carbons (Fsp3) is 0.556. The Labute approximate surface area is 86.5 Å². The van der Waals surface area contributed by atoms with Crippen LogP contribution in [0.3, 0.4) is 0 Å². The molecule has 1 aromatic rings. The third-order valence-corrected chi connectivity index (χ3v) is 3.21. The largest absolute Gasteiger partial charge is 0.375 e. The zero-order chi connectivity index (χ0) is 9.97.